The lowest BCUT2D eigenvalue weighted by atomic mass is 9.95. The van der Waals surface area contributed by atoms with E-state index in [-0.39, 0.29) is 29.8 Å². The van der Waals surface area contributed by atoms with Gasteiger partial charge in [0.1, 0.15) is 0 Å². The van der Waals surface area contributed by atoms with Crippen LogP contribution in [0.3, 0.4) is 0 Å². The number of carbonyl (C=O) groups excluding carboxylic acids is 3. The molecule has 4 amide bonds. The van der Waals surface area contributed by atoms with E-state index in [1.807, 2.05) is 9.80 Å². The Balaban J connectivity index is 1.19. The van der Waals surface area contributed by atoms with E-state index in [2.05, 4.69) is 10.6 Å². The molecule has 0 aromatic carbocycles. The maximum atomic E-state index is 12.7. The number of hydrogen-bond donors (Lipinski definition) is 2. The van der Waals surface area contributed by atoms with E-state index < -0.39 is 0 Å². The molecule has 7 heteroatoms. The number of nitrogens with zero attached hydrogens (tertiary/aromatic N) is 2. The Labute approximate surface area is 173 Å². The van der Waals surface area contributed by atoms with Crippen molar-refractivity contribution in [1.82, 2.24) is 20.4 Å². The van der Waals surface area contributed by atoms with Crippen molar-refractivity contribution in [1.29, 1.82) is 0 Å². The van der Waals surface area contributed by atoms with E-state index >= 15 is 0 Å². The molecule has 2 heterocycles. The monoisotopic (exact) mass is 404 g/mol. The third-order valence-electron chi connectivity index (χ3n) is 7.36. The first-order valence-corrected chi connectivity index (χ1v) is 11.8. The second-order valence-corrected chi connectivity index (χ2v) is 9.44. The van der Waals surface area contributed by atoms with E-state index in [9.17, 15) is 14.4 Å². The van der Waals surface area contributed by atoms with E-state index in [0.29, 0.717) is 38.1 Å². The third-order valence-corrected chi connectivity index (χ3v) is 7.36. The summed E-state index contributed by atoms with van der Waals surface area (Å²) >= 11 is 0. The van der Waals surface area contributed by atoms with Crippen molar-refractivity contribution in [3.63, 3.8) is 0 Å². The molecule has 1 atom stereocenters. The van der Waals surface area contributed by atoms with Crippen molar-refractivity contribution in [2.24, 2.45) is 5.92 Å². The molecule has 0 aromatic rings. The molecule has 2 aliphatic carbocycles. The molecule has 2 saturated heterocycles. The molecule has 2 aliphatic heterocycles. The number of urea groups is 1. The summed E-state index contributed by atoms with van der Waals surface area (Å²) in [6.07, 6.45) is 12.4. The Morgan fingerprint density at radius 3 is 2.10 bits per heavy atom. The summed E-state index contributed by atoms with van der Waals surface area (Å²) in [6, 6.07) is 0.842. The highest BCUT2D eigenvalue weighted by Crippen LogP contribution is 2.29. The number of carbonyl (C=O) groups is 3. The van der Waals surface area contributed by atoms with Crippen LogP contribution in [0.2, 0.25) is 0 Å². The van der Waals surface area contributed by atoms with Gasteiger partial charge in [-0.15, -0.1) is 0 Å². The predicted octanol–water partition coefficient (Wildman–Crippen LogP) is 2.40. The molecule has 7 nitrogen and oxygen atoms in total. The summed E-state index contributed by atoms with van der Waals surface area (Å²) in [7, 11) is 0. The smallest absolute Gasteiger partial charge is 0.317 e. The predicted molar refractivity (Wildman–Crippen MR) is 110 cm³/mol. The summed E-state index contributed by atoms with van der Waals surface area (Å²) in [5.74, 6) is -0.0501. The van der Waals surface area contributed by atoms with Crippen LogP contribution < -0.4 is 10.6 Å². The molecule has 162 valence electrons. The van der Waals surface area contributed by atoms with E-state index in [1.165, 1.54) is 32.1 Å². The Hall–Kier alpha value is -1.79. The molecule has 4 fully saturated rings. The van der Waals surface area contributed by atoms with E-state index in [4.69, 9.17) is 0 Å². The van der Waals surface area contributed by atoms with Gasteiger partial charge >= 0.3 is 6.03 Å². The first kappa shape index (κ1) is 20.5. The van der Waals surface area contributed by atoms with Crippen LogP contribution in [-0.4, -0.2) is 65.4 Å². The fraction of sp³-hybridized carbons (Fsp3) is 0.864. The minimum absolute atomic E-state index is 0.0176. The average molecular weight is 405 g/mol. The van der Waals surface area contributed by atoms with Gasteiger partial charge in [0.25, 0.3) is 0 Å². The average Bonchev–Trinajstić information content (AvgIpc) is 3.39. The van der Waals surface area contributed by atoms with Gasteiger partial charge in [-0.25, -0.2) is 4.79 Å². The third kappa shape index (κ3) is 5.04. The van der Waals surface area contributed by atoms with Gasteiger partial charge in [-0.3, -0.25) is 9.59 Å². The SMILES string of the molecule is O=C(NC1CCN(C(=O)NC2CCCCC2)CC1)C1CC(=O)N(C2CCCC2)C1. The Kier molecular flexibility index (Phi) is 6.60. The van der Waals surface area contributed by atoms with Gasteiger partial charge in [-0.2, -0.15) is 0 Å². The van der Waals surface area contributed by atoms with Crippen molar-refractivity contribution in [2.75, 3.05) is 19.6 Å². The zero-order valence-electron chi connectivity index (χ0n) is 17.5. The van der Waals surface area contributed by atoms with E-state index in [1.54, 1.807) is 0 Å². The van der Waals surface area contributed by atoms with Gasteiger partial charge in [0.05, 0.1) is 5.92 Å². The number of amides is 4. The van der Waals surface area contributed by atoms with Crippen molar-refractivity contribution in [3.05, 3.63) is 0 Å². The molecule has 0 spiro atoms. The summed E-state index contributed by atoms with van der Waals surface area (Å²) in [5.41, 5.74) is 0. The van der Waals surface area contributed by atoms with Crippen molar-refractivity contribution in [2.45, 2.75) is 95.2 Å². The zero-order chi connectivity index (χ0) is 20.2. The zero-order valence-corrected chi connectivity index (χ0v) is 17.5. The molecule has 0 aromatic heterocycles. The summed E-state index contributed by atoms with van der Waals surface area (Å²) < 4.78 is 0. The second kappa shape index (κ2) is 9.35. The highest BCUT2D eigenvalue weighted by Gasteiger charge is 2.39. The minimum Gasteiger partial charge on any atom is -0.353 e. The lowest BCUT2D eigenvalue weighted by molar-refractivity contribution is -0.130. The van der Waals surface area contributed by atoms with Crippen LogP contribution in [0.4, 0.5) is 4.79 Å². The molecular weight excluding hydrogens is 368 g/mol. The molecule has 4 rings (SSSR count). The van der Waals surface area contributed by atoms with Crippen LogP contribution in [-0.2, 0) is 9.59 Å². The van der Waals surface area contributed by atoms with Crippen LogP contribution in [0.25, 0.3) is 0 Å². The lowest BCUT2D eigenvalue weighted by Crippen LogP contribution is -2.52. The largest absolute Gasteiger partial charge is 0.353 e. The molecule has 2 saturated carbocycles. The summed E-state index contributed by atoms with van der Waals surface area (Å²) in [4.78, 5) is 41.4. The molecule has 29 heavy (non-hydrogen) atoms. The van der Waals surface area contributed by atoms with Crippen LogP contribution >= 0.6 is 0 Å². The van der Waals surface area contributed by atoms with Crippen LogP contribution in [0, 0.1) is 5.92 Å². The summed E-state index contributed by atoms with van der Waals surface area (Å²) in [5, 5.41) is 6.34. The fourth-order valence-electron chi connectivity index (χ4n) is 5.53. The highest BCUT2D eigenvalue weighted by atomic mass is 16.2. The number of likely N-dealkylation sites (tertiary alicyclic amines) is 2. The Morgan fingerprint density at radius 2 is 1.41 bits per heavy atom. The minimum atomic E-state index is -0.212. The molecule has 1 unspecified atom stereocenters. The number of rotatable bonds is 4. The van der Waals surface area contributed by atoms with Gasteiger partial charge in [0, 0.05) is 44.2 Å². The molecular formula is C22H36N4O3. The molecule has 0 radical (unpaired) electrons. The number of nitrogens with one attached hydrogen (secondary N) is 2. The highest BCUT2D eigenvalue weighted by molar-refractivity contribution is 5.89. The number of piperidine rings is 1. The van der Waals surface area contributed by atoms with Gasteiger partial charge < -0.3 is 20.4 Å². The van der Waals surface area contributed by atoms with Crippen LogP contribution in [0.1, 0.15) is 77.0 Å². The van der Waals surface area contributed by atoms with Crippen molar-refractivity contribution in [3.8, 4) is 0 Å². The maximum Gasteiger partial charge on any atom is 0.317 e. The van der Waals surface area contributed by atoms with Gasteiger partial charge in [0.2, 0.25) is 11.8 Å². The number of hydrogen-bond acceptors (Lipinski definition) is 3. The Bertz CT molecular complexity index is 605. The standard InChI is InChI=1S/C22H36N4O3/c27-20-14-16(15-26(20)19-8-4-5-9-19)21(28)23-18-10-12-25(13-11-18)22(29)24-17-6-2-1-3-7-17/h16-19H,1-15H2,(H,23,28)(H,24,29). The molecule has 0 bridgehead atoms. The lowest BCUT2D eigenvalue weighted by Gasteiger charge is -2.34. The van der Waals surface area contributed by atoms with Gasteiger partial charge in [-0.05, 0) is 38.5 Å². The van der Waals surface area contributed by atoms with Gasteiger partial charge in [0.15, 0.2) is 0 Å². The maximum absolute atomic E-state index is 12.7. The van der Waals surface area contributed by atoms with Crippen LogP contribution in [0.15, 0.2) is 0 Å². The van der Waals surface area contributed by atoms with Crippen LogP contribution in [0.5, 0.6) is 0 Å². The quantitative estimate of drug-likeness (QED) is 0.755. The van der Waals surface area contributed by atoms with E-state index in [0.717, 1.165) is 38.5 Å². The van der Waals surface area contributed by atoms with Crippen molar-refractivity contribution >= 4 is 17.8 Å². The Morgan fingerprint density at radius 1 is 0.793 bits per heavy atom. The topological polar surface area (TPSA) is 81.8 Å². The fourth-order valence-corrected chi connectivity index (χ4v) is 5.53. The second-order valence-electron chi connectivity index (χ2n) is 9.44. The first-order valence-electron chi connectivity index (χ1n) is 11.8. The van der Waals surface area contributed by atoms with Gasteiger partial charge in [-0.1, -0.05) is 32.1 Å². The van der Waals surface area contributed by atoms with Crippen molar-refractivity contribution < 1.29 is 14.4 Å². The first-order chi connectivity index (χ1) is 14.1. The summed E-state index contributed by atoms with van der Waals surface area (Å²) in [6.45, 7) is 1.95. The normalized spacial score (nSPS) is 27.4. The molecule has 4 aliphatic rings. The molecule has 2 N–H and O–H groups in total.